The highest BCUT2D eigenvalue weighted by Gasteiger charge is 2.03. The molecule has 0 saturated carbocycles. The predicted octanol–water partition coefficient (Wildman–Crippen LogP) is 2.16. The summed E-state index contributed by atoms with van der Waals surface area (Å²) in [5.74, 6) is 0. The average Bonchev–Trinajstić information content (AvgIpc) is 2.88. The number of primary sulfonamides is 1. The summed E-state index contributed by atoms with van der Waals surface area (Å²) >= 11 is 0. The van der Waals surface area contributed by atoms with E-state index in [1.54, 1.807) is 18.2 Å². The fourth-order valence-electron chi connectivity index (χ4n) is 1.41. The van der Waals surface area contributed by atoms with Crippen LogP contribution >= 0.6 is 0 Å². The molecular formula is C13H12N2O3S. The minimum absolute atomic E-state index is 0.148. The molecule has 2 aromatic carbocycles. The number of benzene rings is 2. The van der Waals surface area contributed by atoms with Gasteiger partial charge in [0.25, 0.3) is 0 Å². The molecule has 3 aromatic rings. The van der Waals surface area contributed by atoms with Crippen LogP contribution in [-0.4, -0.2) is 13.4 Å². The molecule has 0 spiro atoms. The summed E-state index contributed by atoms with van der Waals surface area (Å²) in [7, 11) is -3.50. The number of fused-ring (bicyclic) bond motifs is 1. The monoisotopic (exact) mass is 276 g/mol. The van der Waals surface area contributed by atoms with Crippen LogP contribution in [0.15, 0.2) is 70.3 Å². The lowest BCUT2D eigenvalue weighted by Gasteiger charge is -1.93. The van der Waals surface area contributed by atoms with Crippen LogP contribution < -0.4 is 5.14 Å². The molecule has 2 N–H and O–H groups in total. The molecule has 0 aliphatic heterocycles. The number of hydrogen-bond donors (Lipinski definition) is 1. The van der Waals surface area contributed by atoms with E-state index in [-0.39, 0.29) is 4.90 Å². The summed E-state index contributed by atoms with van der Waals surface area (Å²) < 4.78 is 26.2. The van der Waals surface area contributed by atoms with Crippen molar-refractivity contribution in [3.05, 3.63) is 61.0 Å². The lowest BCUT2D eigenvalue weighted by Crippen LogP contribution is -2.11. The Morgan fingerprint density at radius 1 is 0.947 bits per heavy atom. The molecule has 0 atom stereocenters. The van der Waals surface area contributed by atoms with E-state index in [1.807, 2.05) is 24.3 Å². The first kappa shape index (κ1) is 13.3. The quantitative estimate of drug-likeness (QED) is 0.738. The SMILES string of the molecule is NS(=O)(=O)c1ccccc1.c1ccc2ocnc2c1. The number of aromatic nitrogens is 1. The van der Waals surface area contributed by atoms with Gasteiger partial charge in [0.15, 0.2) is 12.0 Å². The molecular weight excluding hydrogens is 264 g/mol. The first-order chi connectivity index (χ1) is 9.07. The van der Waals surface area contributed by atoms with Crippen LogP contribution in [0.3, 0.4) is 0 Å². The van der Waals surface area contributed by atoms with Crippen molar-refractivity contribution in [3.8, 4) is 0 Å². The summed E-state index contributed by atoms with van der Waals surface area (Å²) in [6, 6.07) is 15.6. The average molecular weight is 276 g/mol. The van der Waals surface area contributed by atoms with Crippen LogP contribution in [0, 0.1) is 0 Å². The third-order valence-electron chi connectivity index (χ3n) is 2.31. The number of nitrogens with two attached hydrogens (primary N) is 1. The van der Waals surface area contributed by atoms with Gasteiger partial charge in [-0.3, -0.25) is 0 Å². The van der Waals surface area contributed by atoms with Crippen LogP contribution in [-0.2, 0) is 10.0 Å². The van der Waals surface area contributed by atoms with Gasteiger partial charge in [-0.25, -0.2) is 18.5 Å². The second kappa shape index (κ2) is 5.64. The topological polar surface area (TPSA) is 86.2 Å². The number of para-hydroxylation sites is 2. The van der Waals surface area contributed by atoms with Crippen LogP contribution in [0.2, 0.25) is 0 Å². The van der Waals surface area contributed by atoms with E-state index in [0.29, 0.717) is 0 Å². The lowest BCUT2D eigenvalue weighted by atomic mass is 10.3. The van der Waals surface area contributed by atoms with Gasteiger partial charge in [-0.1, -0.05) is 30.3 Å². The summed E-state index contributed by atoms with van der Waals surface area (Å²) in [4.78, 5) is 4.10. The molecule has 0 amide bonds. The van der Waals surface area contributed by atoms with Gasteiger partial charge in [-0.2, -0.15) is 0 Å². The molecule has 0 bridgehead atoms. The molecule has 0 aliphatic carbocycles. The van der Waals surface area contributed by atoms with Gasteiger partial charge in [0.1, 0.15) is 5.52 Å². The summed E-state index contributed by atoms with van der Waals surface area (Å²) in [6.07, 6.45) is 1.45. The van der Waals surface area contributed by atoms with Crippen molar-refractivity contribution in [1.82, 2.24) is 4.98 Å². The van der Waals surface area contributed by atoms with Gasteiger partial charge >= 0.3 is 0 Å². The predicted molar refractivity (Wildman–Crippen MR) is 71.8 cm³/mol. The smallest absolute Gasteiger partial charge is 0.238 e. The fraction of sp³-hybridized carbons (Fsp3) is 0. The number of nitrogens with zero attached hydrogens (tertiary/aromatic N) is 1. The molecule has 98 valence electrons. The molecule has 0 radical (unpaired) electrons. The largest absolute Gasteiger partial charge is 0.443 e. The molecule has 6 heteroatoms. The van der Waals surface area contributed by atoms with Gasteiger partial charge in [0.2, 0.25) is 10.0 Å². The maximum Gasteiger partial charge on any atom is 0.238 e. The van der Waals surface area contributed by atoms with Gasteiger partial charge in [-0.15, -0.1) is 0 Å². The normalized spacial score (nSPS) is 10.8. The van der Waals surface area contributed by atoms with Gasteiger partial charge < -0.3 is 4.42 Å². The summed E-state index contributed by atoms with van der Waals surface area (Å²) in [5.41, 5.74) is 1.76. The van der Waals surface area contributed by atoms with Crippen LogP contribution in [0.25, 0.3) is 11.1 Å². The van der Waals surface area contributed by atoms with Gasteiger partial charge in [0.05, 0.1) is 4.90 Å². The minimum atomic E-state index is -3.50. The zero-order valence-corrected chi connectivity index (χ0v) is 10.7. The molecule has 19 heavy (non-hydrogen) atoms. The standard InChI is InChI=1S/C7H5NO.C6H7NO2S/c1-2-4-7-6(3-1)8-5-9-7;7-10(8,9)6-4-2-1-3-5-6/h1-5H;1-5H,(H2,7,8,9). The van der Waals surface area contributed by atoms with E-state index in [1.165, 1.54) is 18.5 Å². The molecule has 5 nitrogen and oxygen atoms in total. The molecule has 1 aromatic heterocycles. The molecule has 0 saturated heterocycles. The van der Waals surface area contributed by atoms with E-state index in [0.717, 1.165) is 11.1 Å². The highest BCUT2D eigenvalue weighted by Crippen LogP contribution is 2.09. The second-order valence-corrected chi connectivity index (χ2v) is 5.24. The Bertz CT molecular complexity index is 721. The maximum absolute atomic E-state index is 10.6. The molecule has 0 aliphatic rings. The first-order valence-corrected chi connectivity index (χ1v) is 6.98. The van der Waals surface area contributed by atoms with Gasteiger partial charge in [0, 0.05) is 0 Å². The van der Waals surface area contributed by atoms with E-state index in [2.05, 4.69) is 4.98 Å². The third-order valence-corrected chi connectivity index (χ3v) is 3.24. The van der Waals surface area contributed by atoms with Crippen molar-refractivity contribution >= 4 is 21.1 Å². The summed E-state index contributed by atoms with van der Waals surface area (Å²) in [6.45, 7) is 0. The zero-order valence-electron chi connectivity index (χ0n) is 9.93. The highest BCUT2D eigenvalue weighted by molar-refractivity contribution is 7.89. The number of hydrogen-bond acceptors (Lipinski definition) is 4. The number of rotatable bonds is 1. The van der Waals surface area contributed by atoms with Crippen molar-refractivity contribution in [2.24, 2.45) is 5.14 Å². The number of sulfonamides is 1. The van der Waals surface area contributed by atoms with Crippen molar-refractivity contribution in [3.63, 3.8) is 0 Å². The Morgan fingerprint density at radius 3 is 2.16 bits per heavy atom. The highest BCUT2D eigenvalue weighted by atomic mass is 32.2. The number of oxazole rings is 1. The third kappa shape index (κ3) is 3.64. The molecule has 3 rings (SSSR count). The first-order valence-electron chi connectivity index (χ1n) is 5.43. The van der Waals surface area contributed by atoms with Crippen molar-refractivity contribution in [2.45, 2.75) is 4.90 Å². The van der Waals surface area contributed by atoms with Crippen LogP contribution in [0.1, 0.15) is 0 Å². The minimum Gasteiger partial charge on any atom is -0.443 e. The van der Waals surface area contributed by atoms with Crippen molar-refractivity contribution in [1.29, 1.82) is 0 Å². The van der Waals surface area contributed by atoms with Gasteiger partial charge in [-0.05, 0) is 24.3 Å². The Morgan fingerprint density at radius 2 is 1.58 bits per heavy atom. The van der Waals surface area contributed by atoms with Crippen LogP contribution in [0.5, 0.6) is 0 Å². The van der Waals surface area contributed by atoms with Crippen molar-refractivity contribution < 1.29 is 12.8 Å². The van der Waals surface area contributed by atoms with Crippen molar-refractivity contribution in [2.75, 3.05) is 0 Å². The lowest BCUT2D eigenvalue weighted by molar-refractivity contribution is 0.597. The molecule has 1 heterocycles. The van der Waals surface area contributed by atoms with E-state index in [9.17, 15) is 8.42 Å². The zero-order chi connectivity index (χ0) is 13.7. The Kier molecular flexibility index (Phi) is 3.94. The van der Waals surface area contributed by atoms with E-state index < -0.39 is 10.0 Å². The maximum atomic E-state index is 10.6. The fourth-order valence-corrected chi connectivity index (χ4v) is 1.95. The van der Waals surface area contributed by atoms with E-state index in [4.69, 9.17) is 9.56 Å². The molecule has 0 unspecified atom stereocenters. The Labute approximate surface area is 110 Å². The van der Waals surface area contributed by atoms with E-state index >= 15 is 0 Å². The summed E-state index contributed by atoms with van der Waals surface area (Å²) in [5, 5.41) is 4.83. The Hall–Kier alpha value is -2.18. The second-order valence-electron chi connectivity index (χ2n) is 3.68. The molecule has 0 fully saturated rings. The van der Waals surface area contributed by atoms with Crippen LogP contribution in [0.4, 0.5) is 0 Å². The Balaban J connectivity index is 0.000000141.